The summed E-state index contributed by atoms with van der Waals surface area (Å²) in [4.78, 5) is 65.3. The van der Waals surface area contributed by atoms with Crippen molar-refractivity contribution in [2.24, 2.45) is 17.8 Å². The van der Waals surface area contributed by atoms with Gasteiger partial charge in [0.15, 0.2) is 0 Å². The number of carbonyl (C=O) groups is 4. The molecule has 0 spiro atoms. The lowest BCUT2D eigenvalue weighted by Crippen LogP contribution is -2.60. The molecule has 0 unspecified atom stereocenters. The molecule has 0 radical (unpaired) electrons. The molecular formula is C44H59F3N6O10S. The number of aromatic nitrogens is 1. The standard InChI is InChI=1S/C44H59F3N6O10S/c1-7-27-20-26(2)10-8-9-11-28-23-43(28,39(56)51-64(58,59)42(5)14-15-42)50-36(54)33-22-30(25-53(33)38(55)35(27)49-40(57)63-41(3,4)44(45,46)47)62-37-31-13-12-29(60-6)21-32(31)34(24-48-37)52-16-18-61-19-17-52/h9,11-13,21,24,26-28,30,33,35H,7-8,10,14-20,22-23,25H2,1-6H3,(H,49,57)(H,50,54)(H,51,56)/b11-9-/t26-,27-,28+,30-,33+,35+,43-/m1/s1. The van der Waals surface area contributed by atoms with Gasteiger partial charge in [-0.05, 0) is 89.3 Å². The molecule has 2 saturated heterocycles. The van der Waals surface area contributed by atoms with E-state index in [0.717, 1.165) is 11.1 Å². The SMILES string of the molecule is CC[C@@H]1C[C@H](C)CC/C=C\[C@H]2C[C@@]2(C(=O)NS(=O)(=O)C2(C)CC2)NC(=O)[C@@H]2C[C@@H](Oc3ncc(N4CCOCC4)c4cc(OC)ccc34)CN2C(=O)[C@H]1NC(=O)OC(C)(C)C(F)(F)F. The molecule has 2 aromatic rings. The molecule has 352 valence electrons. The maximum absolute atomic E-state index is 15.1. The number of allylic oxidation sites excluding steroid dienone is 1. The Kier molecular flexibility index (Phi) is 13.1. The van der Waals surface area contributed by atoms with Crippen LogP contribution in [0.25, 0.3) is 10.8 Å². The summed E-state index contributed by atoms with van der Waals surface area (Å²) in [7, 11) is -2.54. The van der Waals surface area contributed by atoms with Gasteiger partial charge in [-0.2, -0.15) is 13.2 Å². The Labute approximate surface area is 371 Å². The van der Waals surface area contributed by atoms with Gasteiger partial charge >= 0.3 is 12.3 Å². The number of hydrogen-bond donors (Lipinski definition) is 3. The van der Waals surface area contributed by atoms with E-state index in [4.69, 9.17) is 23.9 Å². The average molecular weight is 921 g/mol. The molecule has 3 N–H and O–H groups in total. The summed E-state index contributed by atoms with van der Waals surface area (Å²) >= 11 is 0. The van der Waals surface area contributed by atoms with Crippen LogP contribution in [-0.2, 0) is 33.9 Å². The van der Waals surface area contributed by atoms with E-state index in [1.807, 2.05) is 19.1 Å². The van der Waals surface area contributed by atoms with Gasteiger partial charge < -0.3 is 39.4 Å². The highest BCUT2D eigenvalue weighted by molar-refractivity contribution is 7.91. The largest absolute Gasteiger partial charge is 0.497 e. The molecule has 2 saturated carbocycles. The van der Waals surface area contributed by atoms with E-state index < -0.39 is 85.9 Å². The minimum atomic E-state index is -4.92. The van der Waals surface area contributed by atoms with Crippen LogP contribution in [0.3, 0.4) is 0 Å². The average Bonchev–Trinajstić information content (AvgIpc) is 4.13. The number of nitrogens with one attached hydrogen (secondary N) is 3. The molecule has 4 amide bonds. The number of amides is 4. The molecule has 0 bridgehead atoms. The smallest absolute Gasteiger partial charge is 0.427 e. The van der Waals surface area contributed by atoms with Crippen molar-refractivity contribution < 1.29 is 59.7 Å². The maximum atomic E-state index is 15.1. The number of methoxy groups -OCH3 is 1. The third-order valence-electron chi connectivity index (χ3n) is 13.6. The molecule has 1 aromatic heterocycles. The minimum Gasteiger partial charge on any atom is -0.497 e. The first-order chi connectivity index (χ1) is 30.1. The Morgan fingerprint density at radius 1 is 1.09 bits per heavy atom. The van der Waals surface area contributed by atoms with Crippen LogP contribution in [0.5, 0.6) is 11.6 Å². The Bertz CT molecular complexity index is 2270. The zero-order chi connectivity index (χ0) is 46.4. The van der Waals surface area contributed by atoms with E-state index in [1.54, 1.807) is 45.4 Å². The number of benzene rings is 1. The fourth-order valence-electron chi connectivity index (χ4n) is 8.88. The molecule has 7 rings (SSSR count). The highest BCUT2D eigenvalue weighted by Crippen LogP contribution is 2.48. The zero-order valence-electron chi connectivity index (χ0n) is 37.1. The van der Waals surface area contributed by atoms with E-state index in [9.17, 15) is 36.0 Å². The number of sulfonamides is 1. The first kappa shape index (κ1) is 47.1. The first-order valence-corrected chi connectivity index (χ1v) is 23.5. The number of nitrogens with zero attached hydrogens (tertiary/aromatic N) is 3. The molecule has 7 atom stereocenters. The van der Waals surface area contributed by atoms with Gasteiger partial charge in [-0.3, -0.25) is 19.1 Å². The topological polar surface area (TPSA) is 195 Å². The summed E-state index contributed by atoms with van der Waals surface area (Å²) in [6, 6.07) is 2.64. The second-order valence-corrected chi connectivity index (χ2v) is 20.8. The van der Waals surface area contributed by atoms with Gasteiger partial charge in [0, 0.05) is 36.2 Å². The molecule has 20 heteroatoms. The van der Waals surface area contributed by atoms with Gasteiger partial charge in [-0.15, -0.1) is 0 Å². The summed E-state index contributed by atoms with van der Waals surface area (Å²) in [5.74, 6) is -2.84. The number of anilines is 1. The molecule has 5 aliphatic rings. The number of alkyl halides is 3. The third-order valence-corrected chi connectivity index (χ3v) is 15.7. The minimum absolute atomic E-state index is 0.0419. The number of morpholine rings is 1. The number of rotatable bonds is 10. The van der Waals surface area contributed by atoms with Crippen molar-refractivity contribution in [3.63, 3.8) is 0 Å². The molecule has 4 fully saturated rings. The quantitative estimate of drug-likeness (QED) is 0.266. The van der Waals surface area contributed by atoms with Crippen molar-refractivity contribution in [3.05, 3.63) is 36.5 Å². The normalized spacial score (nSPS) is 29.3. The molecular weight excluding hydrogens is 862 g/mol. The highest BCUT2D eigenvalue weighted by atomic mass is 32.2. The third kappa shape index (κ3) is 9.58. The Hall–Kier alpha value is -4.85. The lowest BCUT2D eigenvalue weighted by atomic mass is 9.85. The summed E-state index contributed by atoms with van der Waals surface area (Å²) in [5.41, 5.74) is -3.73. The van der Waals surface area contributed by atoms with E-state index >= 15 is 4.79 Å². The number of alkyl carbamates (subject to hydrolysis) is 1. The van der Waals surface area contributed by atoms with E-state index in [2.05, 4.69) is 20.3 Å². The van der Waals surface area contributed by atoms with Gasteiger partial charge in [0.1, 0.15) is 29.5 Å². The Balaban J connectivity index is 1.25. The fourth-order valence-corrected chi connectivity index (χ4v) is 10.2. The van der Waals surface area contributed by atoms with Crippen LogP contribution >= 0.6 is 0 Å². The number of fused-ring (bicyclic) bond motifs is 3. The molecule has 4 heterocycles. The van der Waals surface area contributed by atoms with Crippen molar-refractivity contribution in [1.29, 1.82) is 0 Å². The van der Waals surface area contributed by atoms with Crippen LogP contribution in [-0.4, -0.2) is 122 Å². The van der Waals surface area contributed by atoms with Crippen molar-refractivity contribution in [2.45, 2.75) is 126 Å². The van der Waals surface area contributed by atoms with Crippen LogP contribution in [0, 0.1) is 17.8 Å². The van der Waals surface area contributed by atoms with Crippen molar-refractivity contribution in [3.8, 4) is 11.6 Å². The molecule has 2 aliphatic carbocycles. The van der Waals surface area contributed by atoms with Crippen LogP contribution in [0.2, 0.25) is 0 Å². The lowest BCUT2D eigenvalue weighted by molar-refractivity contribution is -0.244. The summed E-state index contributed by atoms with van der Waals surface area (Å²) < 4.78 is 92.0. The second-order valence-electron chi connectivity index (χ2n) is 18.6. The lowest BCUT2D eigenvalue weighted by Gasteiger charge is -2.35. The molecule has 64 heavy (non-hydrogen) atoms. The number of hydrogen-bond acceptors (Lipinski definition) is 12. The van der Waals surface area contributed by atoms with Gasteiger partial charge in [0.25, 0.3) is 5.91 Å². The second kappa shape index (κ2) is 17.9. The number of carbonyl (C=O) groups excluding carboxylic acids is 4. The molecule has 16 nitrogen and oxygen atoms in total. The Morgan fingerprint density at radius 3 is 2.47 bits per heavy atom. The maximum Gasteiger partial charge on any atom is 0.427 e. The van der Waals surface area contributed by atoms with Crippen LogP contribution in [0.1, 0.15) is 86.0 Å². The van der Waals surface area contributed by atoms with Gasteiger partial charge in [-0.25, -0.2) is 18.2 Å². The molecule has 1 aromatic carbocycles. The summed E-state index contributed by atoms with van der Waals surface area (Å²) in [6.45, 7) is 8.80. The van der Waals surface area contributed by atoms with Crippen molar-refractivity contribution >= 4 is 50.3 Å². The van der Waals surface area contributed by atoms with Crippen LogP contribution in [0.15, 0.2) is 36.5 Å². The molecule has 3 aliphatic heterocycles. The predicted molar refractivity (Wildman–Crippen MR) is 229 cm³/mol. The highest BCUT2D eigenvalue weighted by Gasteiger charge is 2.63. The number of ether oxygens (including phenoxy) is 4. The van der Waals surface area contributed by atoms with Crippen LogP contribution < -0.4 is 29.7 Å². The first-order valence-electron chi connectivity index (χ1n) is 22.0. The number of pyridine rings is 1. The van der Waals surface area contributed by atoms with Crippen molar-refractivity contribution in [2.75, 3.05) is 44.9 Å². The van der Waals surface area contributed by atoms with E-state index in [0.29, 0.717) is 89.8 Å². The van der Waals surface area contributed by atoms with Crippen LogP contribution in [0.4, 0.5) is 23.7 Å². The van der Waals surface area contributed by atoms with Crippen molar-refractivity contribution in [1.82, 2.24) is 25.2 Å². The Morgan fingerprint density at radius 2 is 1.81 bits per heavy atom. The van der Waals surface area contributed by atoms with E-state index in [1.165, 1.54) is 4.90 Å². The van der Waals surface area contributed by atoms with Gasteiger partial charge in [0.2, 0.25) is 33.3 Å². The summed E-state index contributed by atoms with van der Waals surface area (Å²) in [5, 5.41) is 6.68. The summed E-state index contributed by atoms with van der Waals surface area (Å²) in [6.07, 6.45) is 0.668. The van der Waals surface area contributed by atoms with Gasteiger partial charge in [0.05, 0.1) is 43.5 Å². The van der Waals surface area contributed by atoms with Gasteiger partial charge in [-0.1, -0.05) is 32.4 Å². The number of halogens is 3. The van der Waals surface area contributed by atoms with E-state index in [-0.39, 0.29) is 31.2 Å². The zero-order valence-corrected chi connectivity index (χ0v) is 37.9. The predicted octanol–water partition coefficient (Wildman–Crippen LogP) is 5.14. The fraction of sp³-hybridized carbons (Fsp3) is 0.659. The monoisotopic (exact) mass is 920 g/mol.